The highest BCUT2D eigenvalue weighted by Gasteiger charge is 2.64. The highest BCUT2D eigenvalue weighted by Crippen LogP contribution is 2.55. The highest BCUT2D eigenvalue weighted by molar-refractivity contribution is 6.31. The Labute approximate surface area is 328 Å². The molecular formula is C40H43ClFN7O7. The number of anilines is 1. The first kappa shape index (κ1) is 40.1. The molecule has 2 fully saturated rings. The Balaban J connectivity index is 0.887. The molecule has 1 aliphatic carbocycles. The molecule has 3 aliphatic rings. The average molecular weight is 788 g/mol. The van der Waals surface area contributed by atoms with Gasteiger partial charge in [-0.3, -0.25) is 34.2 Å². The monoisotopic (exact) mass is 787 g/mol. The minimum absolute atomic E-state index is 0.0508. The molecule has 2 aromatic carbocycles. The summed E-state index contributed by atoms with van der Waals surface area (Å²) in [6, 6.07) is 11.4. The van der Waals surface area contributed by atoms with E-state index in [0.717, 1.165) is 11.3 Å². The topological polar surface area (TPSA) is 192 Å². The zero-order valence-corrected chi connectivity index (χ0v) is 32.2. The van der Waals surface area contributed by atoms with Gasteiger partial charge < -0.3 is 25.4 Å². The fourth-order valence-electron chi connectivity index (χ4n) is 7.99. The van der Waals surface area contributed by atoms with E-state index < -0.39 is 52.2 Å². The summed E-state index contributed by atoms with van der Waals surface area (Å²) >= 11 is 6.19. The van der Waals surface area contributed by atoms with Crippen LogP contribution >= 0.6 is 11.6 Å². The Morgan fingerprint density at radius 2 is 1.73 bits per heavy atom. The quantitative estimate of drug-likeness (QED) is 0.124. The highest BCUT2D eigenvalue weighted by atomic mass is 35.5. The van der Waals surface area contributed by atoms with Gasteiger partial charge >= 0.3 is 0 Å². The van der Waals surface area contributed by atoms with Crippen molar-refractivity contribution in [2.75, 3.05) is 31.6 Å². The SMILES string of the molecule is CC1(C)C(NC(=O)c2cnc(NCCNCCCCOc3ccc4c(c3)C(=O)N(C3CCC(=O)NC3=O)C4=O)cc2F)C(C)(C)C1Oc1ccc(C#N)c(Cl)c1. The van der Waals surface area contributed by atoms with Gasteiger partial charge in [0, 0.05) is 54.7 Å². The maximum Gasteiger partial charge on any atom is 0.262 e. The summed E-state index contributed by atoms with van der Waals surface area (Å²) in [7, 11) is 0. The molecule has 0 spiro atoms. The van der Waals surface area contributed by atoms with Crippen LogP contribution in [0.2, 0.25) is 5.02 Å². The number of aromatic nitrogens is 1. The number of fused-ring (bicyclic) bond motifs is 1. The first-order chi connectivity index (χ1) is 26.6. The summed E-state index contributed by atoms with van der Waals surface area (Å²) in [4.78, 5) is 68.0. The van der Waals surface area contributed by atoms with Gasteiger partial charge in [0.1, 0.15) is 41.3 Å². The number of ether oxygens (including phenoxy) is 2. The van der Waals surface area contributed by atoms with Gasteiger partial charge in [-0.2, -0.15) is 5.26 Å². The van der Waals surface area contributed by atoms with Crippen molar-refractivity contribution in [2.24, 2.45) is 10.8 Å². The Morgan fingerprint density at radius 3 is 2.43 bits per heavy atom. The van der Waals surface area contributed by atoms with Crippen LogP contribution < -0.4 is 30.7 Å². The molecule has 1 unspecified atom stereocenters. The number of benzene rings is 2. The first-order valence-corrected chi connectivity index (χ1v) is 18.8. The molecule has 2 aliphatic heterocycles. The third kappa shape index (κ3) is 8.03. The number of piperidine rings is 1. The normalized spacial score (nSPS) is 20.7. The molecule has 1 aromatic heterocycles. The van der Waals surface area contributed by atoms with E-state index in [9.17, 15) is 24.0 Å². The molecule has 14 nitrogen and oxygen atoms in total. The lowest BCUT2D eigenvalue weighted by Crippen LogP contribution is -2.74. The minimum Gasteiger partial charge on any atom is -0.494 e. The maximum atomic E-state index is 15.1. The van der Waals surface area contributed by atoms with E-state index in [-0.39, 0.29) is 41.7 Å². The van der Waals surface area contributed by atoms with Gasteiger partial charge in [-0.25, -0.2) is 9.37 Å². The molecule has 4 N–H and O–H groups in total. The third-order valence-corrected chi connectivity index (χ3v) is 10.9. The van der Waals surface area contributed by atoms with Crippen LogP contribution in [0.4, 0.5) is 10.2 Å². The lowest BCUT2D eigenvalue weighted by atomic mass is 9.49. The summed E-state index contributed by atoms with van der Waals surface area (Å²) < 4.78 is 27.2. The fraction of sp³-hybridized carbons (Fsp3) is 0.425. The maximum absolute atomic E-state index is 15.1. The van der Waals surface area contributed by atoms with Crippen LogP contribution in [0.3, 0.4) is 0 Å². The first-order valence-electron chi connectivity index (χ1n) is 18.4. The summed E-state index contributed by atoms with van der Waals surface area (Å²) in [6.07, 6.45) is 2.54. The lowest BCUT2D eigenvalue weighted by molar-refractivity contribution is -0.164. The molecule has 6 rings (SSSR count). The molecule has 1 saturated carbocycles. The summed E-state index contributed by atoms with van der Waals surface area (Å²) in [6.45, 7) is 9.96. The number of rotatable bonds is 15. The molecule has 0 radical (unpaired) electrons. The Kier molecular flexibility index (Phi) is 11.6. The Bertz CT molecular complexity index is 2100. The Morgan fingerprint density at radius 1 is 1.00 bits per heavy atom. The van der Waals surface area contributed by atoms with Crippen LogP contribution in [0.1, 0.15) is 90.0 Å². The zero-order valence-electron chi connectivity index (χ0n) is 31.5. The Hall–Kier alpha value is -5.59. The van der Waals surface area contributed by atoms with Crippen molar-refractivity contribution in [3.05, 3.63) is 81.8 Å². The predicted octanol–water partition coefficient (Wildman–Crippen LogP) is 4.62. The number of hydrogen-bond donors (Lipinski definition) is 4. The van der Waals surface area contributed by atoms with Crippen LogP contribution in [0.5, 0.6) is 11.5 Å². The van der Waals surface area contributed by atoms with Crippen LogP contribution in [0.25, 0.3) is 0 Å². The largest absolute Gasteiger partial charge is 0.494 e. The molecule has 0 bridgehead atoms. The second-order valence-corrected chi connectivity index (χ2v) is 15.6. The number of nitrogens with zero attached hydrogens (tertiary/aromatic N) is 3. The van der Waals surface area contributed by atoms with Gasteiger partial charge in [-0.15, -0.1) is 0 Å². The second-order valence-electron chi connectivity index (χ2n) is 15.2. The minimum atomic E-state index is -1.03. The molecule has 1 atom stereocenters. The third-order valence-electron chi connectivity index (χ3n) is 10.6. The van der Waals surface area contributed by atoms with Gasteiger partial charge in [0.15, 0.2) is 0 Å². The van der Waals surface area contributed by atoms with Gasteiger partial charge in [0.2, 0.25) is 11.8 Å². The van der Waals surface area contributed by atoms with Crippen molar-refractivity contribution in [1.82, 2.24) is 25.8 Å². The van der Waals surface area contributed by atoms with Gasteiger partial charge in [0.05, 0.1) is 33.9 Å². The number of imide groups is 2. The number of nitrogens with one attached hydrogen (secondary N) is 4. The molecule has 56 heavy (non-hydrogen) atoms. The smallest absolute Gasteiger partial charge is 0.262 e. The van der Waals surface area contributed by atoms with Crippen molar-refractivity contribution in [2.45, 2.75) is 71.6 Å². The number of nitriles is 1. The van der Waals surface area contributed by atoms with Crippen LogP contribution in [0, 0.1) is 28.0 Å². The van der Waals surface area contributed by atoms with E-state index >= 15 is 4.39 Å². The number of amides is 5. The van der Waals surface area contributed by atoms with Crippen molar-refractivity contribution < 1.29 is 37.8 Å². The molecule has 3 heterocycles. The van der Waals surface area contributed by atoms with E-state index in [4.69, 9.17) is 26.3 Å². The number of carbonyl (C=O) groups excluding carboxylic acids is 5. The van der Waals surface area contributed by atoms with Crippen molar-refractivity contribution in [3.63, 3.8) is 0 Å². The fourth-order valence-corrected chi connectivity index (χ4v) is 8.20. The van der Waals surface area contributed by atoms with Gasteiger partial charge in [-0.05, 0) is 56.1 Å². The lowest BCUT2D eigenvalue weighted by Gasteiger charge is -2.63. The standard InChI is InChI=1S/C40H43ClFN7O7/c1-39(2)37(40(3,4)38(39)56-24-8-7-22(20-43)28(41)18-24)48-33(51)27-21-46-31(19-29(27)42)45-15-14-44-13-5-6-16-55-23-9-10-25-26(17-23)36(54)49(35(25)53)30-11-12-32(50)47-34(30)52/h7-10,17-19,21,30,37-38,44H,5-6,11-16H2,1-4H3,(H,45,46)(H,48,51)(H,47,50,52). The van der Waals surface area contributed by atoms with Gasteiger partial charge in [0.25, 0.3) is 17.7 Å². The summed E-state index contributed by atoms with van der Waals surface area (Å²) in [5.74, 6) is -2.29. The molecule has 5 amide bonds. The molecule has 294 valence electrons. The van der Waals surface area contributed by atoms with E-state index in [0.29, 0.717) is 60.6 Å². The second kappa shape index (κ2) is 16.3. The van der Waals surface area contributed by atoms with Crippen LogP contribution in [-0.4, -0.2) is 83.8 Å². The van der Waals surface area contributed by atoms with E-state index in [1.807, 2.05) is 33.8 Å². The molecule has 1 saturated heterocycles. The summed E-state index contributed by atoms with van der Waals surface area (Å²) in [5.41, 5.74) is -0.489. The number of unbranched alkanes of at least 4 members (excludes halogenated alkanes) is 1. The van der Waals surface area contributed by atoms with Crippen molar-refractivity contribution in [1.29, 1.82) is 5.26 Å². The zero-order chi connectivity index (χ0) is 40.4. The van der Waals surface area contributed by atoms with Crippen LogP contribution in [0.15, 0.2) is 48.7 Å². The number of pyridine rings is 1. The van der Waals surface area contributed by atoms with E-state index in [1.165, 1.54) is 24.4 Å². The predicted molar refractivity (Wildman–Crippen MR) is 203 cm³/mol. The number of hydrogen-bond acceptors (Lipinski definition) is 11. The van der Waals surface area contributed by atoms with E-state index in [1.54, 1.807) is 24.3 Å². The van der Waals surface area contributed by atoms with Crippen molar-refractivity contribution in [3.8, 4) is 17.6 Å². The molecular weight excluding hydrogens is 745 g/mol. The molecule has 16 heteroatoms. The van der Waals surface area contributed by atoms with Crippen molar-refractivity contribution >= 4 is 47.0 Å². The number of carbonyl (C=O) groups is 5. The molecule has 3 aromatic rings. The number of halogens is 2. The van der Waals surface area contributed by atoms with Crippen LogP contribution in [-0.2, 0) is 9.59 Å². The van der Waals surface area contributed by atoms with E-state index in [2.05, 4.69) is 26.3 Å². The average Bonchev–Trinajstić information content (AvgIpc) is 3.39. The summed E-state index contributed by atoms with van der Waals surface area (Å²) in [5, 5.41) is 21.0. The van der Waals surface area contributed by atoms with Gasteiger partial charge in [-0.1, -0.05) is 39.3 Å².